The van der Waals surface area contributed by atoms with Crippen molar-refractivity contribution in [2.45, 2.75) is 90.4 Å². The molecule has 3 rings (SSSR count). The van der Waals surface area contributed by atoms with Crippen LogP contribution in [0, 0.1) is 11.3 Å². The summed E-state index contributed by atoms with van der Waals surface area (Å²) in [4.78, 5) is 4.55. The summed E-state index contributed by atoms with van der Waals surface area (Å²) in [5.74, 6) is 1.46. The van der Waals surface area contributed by atoms with Crippen LogP contribution in [0.5, 0.6) is 0 Å². The van der Waals surface area contributed by atoms with Gasteiger partial charge in [-0.3, -0.25) is 4.98 Å². The lowest BCUT2D eigenvalue weighted by Gasteiger charge is -2.21. The molecule has 0 amide bonds. The highest BCUT2D eigenvalue weighted by Crippen LogP contribution is 2.33. The van der Waals surface area contributed by atoms with Crippen LogP contribution in [0.3, 0.4) is 0 Å². The summed E-state index contributed by atoms with van der Waals surface area (Å²) in [6.07, 6.45) is 9.77. The fourth-order valence-corrected chi connectivity index (χ4v) is 4.53. The summed E-state index contributed by atoms with van der Waals surface area (Å²) in [5.41, 5.74) is 6.72. The van der Waals surface area contributed by atoms with Crippen molar-refractivity contribution in [1.29, 1.82) is 5.26 Å². The molecule has 1 heterocycles. The second-order valence-electron chi connectivity index (χ2n) is 9.93. The molecule has 177 valence electrons. The van der Waals surface area contributed by atoms with Crippen molar-refractivity contribution in [1.82, 2.24) is 9.55 Å². The summed E-state index contributed by atoms with van der Waals surface area (Å²) in [6.45, 7) is 10.0. The predicted molar refractivity (Wildman–Crippen MR) is 144 cm³/mol. The molecule has 0 saturated heterocycles. The Balaban J connectivity index is 1.69. The zero-order valence-corrected chi connectivity index (χ0v) is 21.4. The normalized spacial score (nSPS) is 11.4. The van der Waals surface area contributed by atoms with Gasteiger partial charge in [0.2, 0.25) is 7.28 Å². The maximum absolute atomic E-state index is 8.74. The van der Waals surface area contributed by atoms with Crippen LogP contribution in [-0.2, 0) is 6.54 Å². The SMILES string of the molecule is CC(C)c1cccc(C(CCC[B]c2nccn2CCCCC#N)c2cccc(C(C)C)c2)c1. The standard InChI is InChI=1S/C30H39BN3/c1-23(2)25-11-8-13-27(21-25)29(28-14-9-12-26(22-28)24(3)4)15-10-16-31-30-33-18-20-34(30)19-7-5-6-17-32/h8-9,11-14,18,20-24,29H,5-7,10,15-16,19H2,1-4H3. The first-order valence-electron chi connectivity index (χ1n) is 12.9. The van der Waals surface area contributed by atoms with Gasteiger partial charge in [0.15, 0.2) is 0 Å². The van der Waals surface area contributed by atoms with E-state index in [1.54, 1.807) is 0 Å². The van der Waals surface area contributed by atoms with E-state index in [1.807, 2.05) is 6.20 Å². The molecule has 0 N–H and O–H groups in total. The monoisotopic (exact) mass is 452 g/mol. The number of hydrogen-bond donors (Lipinski definition) is 0. The Morgan fingerprint density at radius 3 is 2.09 bits per heavy atom. The molecule has 0 atom stereocenters. The molecule has 0 spiro atoms. The van der Waals surface area contributed by atoms with Gasteiger partial charge in [0.05, 0.1) is 11.8 Å². The predicted octanol–water partition coefficient (Wildman–Crippen LogP) is 7.18. The van der Waals surface area contributed by atoms with Crippen molar-refractivity contribution >= 4 is 13.0 Å². The third-order valence-electron chi connectivity index (χ3n) is 6.67. The van der Waals surface area contributed by atoms with Gasteiger partial charge in [-0.2, -0.15) is 5.26 Å². The van der Waals surface area contributed by atoms with Gasteiger partial charge in [-0.05, 0) is 53.4 Å². The number of nitrogens with zero attached hydrogens (tertiary/aromatic N) is 3. The van der Waals surface area contributed by atoms with E-state index in [9.17, 15) is 0 Å². The van der Waals surface area contributed by atoms with E-state index < -0.39 is 0 Å². The van der Waals surface area contributed by atoms with Crippen molar-refractivity contribution < 1.29 is 0 Å². The number of imidazole rings is 1. The Bertz CT molecular complexity index is 1010. The highest BCUT2D eigenvalue weighted by molar-refractivity contribution is 6.51. The highest BCUT2D eigenvalue weighted by Gasteiger charge is 2.17. The second-order valence-corrected chi connectivity index (χ2v) is 9.93. The zero-order valence-electron chi connectivity index (χ0n) is 21.4. The molecular weight excluding hydrogens is 413 g/mol. The molecule has 4 heteroatoms. The molecule has 2 aromatic carbocycles. The Kier molecular flexibility index (Phi) is 10.0. The molecule has 0 unspecified atom stereocenters. The third kappa shape index (κ3) is 7.35. The molecule has 0 aliphatic rings. The van der Waals surface area contributed by atoms with Crippen molar-refractivity contribution in [3.05, 3.63) is 83.2 Å². The van der Waals surface area contributed by atoms with E-state index in [2.05, 4.69) is 105 Å². The number of aromatic nitrogens is 2. The average molecular weight is 452 g/mol. The molecule has 34 heavy (non-hydrogen) atoms. The summed E-state index contributed by atoms with van der Waals surface area (Å²) >= 11 is 0. The largest absolute Gasteiger partial charge is 0.343 e. The van der Waals surface area contributed by atoms with E-state index in [1.165, 1.54) is 22.3 Å². The van der Waals surface area contributed by atoms with E-state index >= 15 is 0 Å². The number of rotatable bonds is 13. The van der Waals surface area contributed by atoms with Crippen LogP contribution in [0.25, 0.3) is 0 Å². The summed E-state index contributed by atoms with van der Waals surface area (Å²) < 4.78 is 2.22. The van der Waals surface area contributed by atoms with Crippen molar-refractivity contribution in [2.75, 3.05) is 0 Å². The molecular formula is C30H39BN3. The summed E-state index contributed by atoms with van der Waals surface area (Å²) in [7, 11) is 2.27. The number of aryl methyl sites for hydroxylation is 1. The van der Waals surface area contributed by atoms with Gasteiger partial charge in [-0.15, -0.1) is 0 Å². The Morgan fingerprint density at radius 2 is 1.50 bits per heavy atom. The van der Waals surface area contributed by atoms with Crippen LogP contribution in [0.1, 0.15) is 99.8 Å². The van der Waals surface area contributed by atoms with Crippen LogP contribution in [0.15, 0.2) is 60.9 Å². The third-order valence-corrected chi connectivity index (χ3v) is 6.67. The quantitative estimate of drug-likeness (QED) is 0.204. The Morgan fingerprint density at radius 1 is 0.882 bits per heavy atom. The van der Waals surface area contributed by atoms with E-state index in [-0.39, 0.29) is 0 Å². The van der Waals surface area contributed by atoms with Gasteiger partial charge in [0, 0.05) is 31.3 Å². The lowest BCUT2D eigenvalue weighted by atomic mass is 9.70. The first-order valence-corrected chi connectivity index (χ1v) is 12.9. The maximum atomic E-state index is 8.74. The number of nitriles is 1. The van der Waals surface area contributed by atoms with Gasteiger partial charge in [0.1, 0.15) is 0 Å². The van der Waals surface area contributed by atoms with Gasteiger partial charge >= 0.3 is 0 Å². The van der Waals surface area contributed by atoms with Crippen LogP contribution in [-0.4, -0.2) is 16.8 Å². The van der Waals surface area contributed by atoms with Crippen LogP contribution >= 0.6 is 0 Å². The molecule has 0 bridgehead atoms. The fourth-order valence-electron chi connectivity index (χ4n) is 4.53. The van der Waals surface area contributed by atoms with Crippen molar-refractivity contribution in [2.24, 2.45) is 0 Å². The van der Waals surface area contributed by atoms with Crippen LogP contribution in [0.2, 0.25) is 6.32 Å². The number of unbranched alkanes of at least 4 members (excludes halogenated alkanes) is 2. The number of hydrogen-bond acceptors (Lipinski definition) is 2. The van der Waals surface area contributed by atoms with Gasteiger partial charge in [-0.25, -0.2) is 0 Å². The molecule has 1 radical (unpaired) electrons. The minimum absolute atomic E-state index is 0.400. The molecule has 0 aliphatic carbocycles. The molecule has 0 fully saturated rings. The van der Waals surface area contributed by atoms with Crippen molar-refractivity contribution in [3.8, 4) is 6.07 Å². The summed E-state index contributed by atoms with van der Waals surface area (Å²) in [5, 5.41) is 8.74. The number of benzene rings is 2. The highest BCUT2D eigenvalue weighted by atomic mass is 15.0. The van der Waals surface area contributed by atoms with Crippen molar-refractivity contribution in [3.63, 3.8) is 0 Å². The topological polar surface area (TPSA) is 41.6 Å². The van der Waals surface area contributed by atoms with Gasteiger partial charge in [0.25, 0.3) is 0 Å². The first kappa shape index (κ1) is 25.8. The molecule has 0 aliphatic heterocycles. The van der Waals surface area contributed by atoms with Gasteiger partial charge in [-0.1, -0.05) is 89.0 Å². The lowest BCUT2D eigenvalue weighted by Crippen LogP contribution is -2.26. The van der Waals surface area contributed by atoms with Gasteiger partial charge < -0.3 is 4.57 Å². The lowest BCUT2D eigenvalue weighted by molar-refractivity contribution is 0.626. The summed E-state index contributed by atoms with van der Waals surface area (Å²) in [6, 6.07) is 20.6. The molecule has 3 nitrogen and oxygen atoms in total. The van der Waals surface area contributed by atoms with E-state index in [0.29, 0.717) is 24.2 Å². The fraction of sp³-hybridized carbons (Fsp3) is 0.467. The Labute approximate surface area is 207 Å². The second kappa shape index (κ2) is 13.2. The molecule has 1 aromatic heterocycles. The molecule has 0 saturated carbocycles. The molecule has 3 aromatic rings. The van der Waals surface area contributed by atoms with Crippen LogP contribution in [0.4, 0.5) is 0 Å². The Hall–Kier alpha value is -2.80. The first-order chi connectivity index (χ1) is 16.5. The van der Waals surface area contributed by atoms with E-state index in [0.717, 1.165) is 44.3 Å². The van der Waals surface area contributed by atoms with Crippen LogP contribution < -0.4 is 5.72 Å². The van der Waals surface area contributed by atoms with E-state index in [4.69, 9.17) is 5.26 Å². The average Bonchev–Trinajstić information content (AvgIpc) is 3.29. The smallest absolute Gasteiger partial charge is 0.201 e. The zero-order chi connectivity index (χ0) is 24.3. The minimum atomic E-state index is 0.400. The minimum Gasteiger partial charge on any atom is -0.343 e. The maximum Gasteiger partial charge on any atom is 0.201 e.